The molecular weight excluding hydrogens is 248 g/mol. The third-order valence-corrected chi connectivity index (χ3v) is 6.40. The number of Topliss-reactive ketones (excluding diaryl/α,β-unsaturated/α-hetero) is 2. The van der Waals surface area contributed by atoms with Crippen LogP contribution in [0.5, 0.6) is 0 Å². The Hall–Kier alpha value is -1.30. The van der Waals surface area contributed by atoms with Crippen molar-refractivity contribution in [1.29, 1.82) is 0 Å². The number of hydrogen-bond donors (Lipinski definition) is 0. The van der Waals surface area contributed by atoms with E-state index >= 15 is 0 Å². The van der Waals surface area contributed by atoms with Gasteiger partial charge in [0.25, 0.3) is 0 Å². The van der Waals surface area contributed by atoms with Gasteiger partial charge in [0.2, 0.25) is 0 Å². The zero-order valence-electron chi connectivity index (χ0n) is 11.1. The van der Waals surface area contributed by atoms with Crippen LogP contribution in [0.1, 0.15) is 17.3 Å². The van der Waals surface area contributed by atoms with E-state index in [4.69, 9.17) is 8.85 Å². The first-order chi connectivity index (χ1) is 8.46. The molecule has 0 saturated heterocycles. The highest BCUT2D eigenvalue weighted by molar-refractivity contribution is 6.76. The molecule has 0 fully saturated rings. The van der Waals surface area contributed by atoms with Crippen LogP contribution in [0.25, 0.3) is 0 Å². The van der Waals surface area contributed by atoms with Gasteiger partial charge in [0.05, 0.1) is 0 Å². The Morgan fingerprint density at radius 3 is 2.00 bits per heavy atom. The maximum Gasteiger partial charge on any atom is 0.353 e. The van der Waals surface area contributed by atoms with Crippen LogP contribution in [0.2, 0.25) is 12.1 Å². The van der Waals surface area contributed by atoms with Gasteiger partial charge in [-0.25, -0.2) is 0 Å². The molecule has 0 aliphatic carbocycles. The molecule has 1 aromatic rings. The summed E-state index contributed by atoms with van der Waals surface area (Å²) >= 11 is 0. The van der Waals surface area contributed by atoms with Crippen molar-refractivity contribution in [2.45, 2.75) is 19.0 Å². The SMILES string of the molecule is CO[Si](C)(OC)C(C(C)=O)C(=O)c1ccccc1. The van der Waals surface area contributed by atoms with Gasteiger partial charge < -0.3 is 8.85 Å². The molecule has 0 N–H and O–H groups in total. The standard InChI is InChI=1S/C13H18O4Si/c1-10(14)13(18(4,16-2)17-3)12(15)11-8-6-5-7-9-11/h5-9,13H,1-4H3. The number of hydrogen-bond acceptors (Lipinski definition) is 4. The van der Waals surface area contributed by atoms with Crippen LogP contribution in [0.4, 0.5) is 0 Å². The molecule has 18 heavy (non-hydrogen) atoms. The number of benzene rings is 1. The average Bonchev–Trinajstić information content (AvgIpc) is 2.39. The summed E-state index contributed by atoms with van der Waals surface area (Å²) in [6, 6.07) is 8.74. The number of ketones is 2. The molecule has 5 heteroatoms. The van der Waals surface area contributed by atoms with E-state index in [1.807, 2.05) is 6.07 Å². The minimum absolute atomic E-state index is 0.221. The highest BCUT2D eigenvalue weighted by atomic mass is 28.4. The second-order valence-corrected chi connectivity index (χ2v) is 7.62. The Morgan fingerprint density at radius 1 is 1.11 bits per heavy atom. The summed E-state index contributed by atoms with van der Waals surface area (Å²) < 4.78 is 10.7. The molecule has 0 aromatic heterocycles. The Bertz CT molecular complexity index is 426. The van der Waals surface area contributed by atoms with Crippen molar-refractivity contribution in [3.63, 3.8) is 0 Å². The number of carbonyl (C=O) groups excluding carboxylic acids is 2. The van der Waals surface area contributed by atoms with E-state index < -0.39 is 14.1 Å². The van der Waals surface area contributed by atoms with Crippen molar-refractivity contribution >= 4 is 20.1 Å². The van der Waals surface area contributed by atoms with E-state index in [1.165, 1.54) is 21.1 Å². The fraction of sp³-hybridized carbons (Fsp3) is 0.385. The molecule has 0 aliphatic rings. The van der Waals surface area contributed by atoms with Crippen LogP contribution in [0.3, 0.4) is 0 Å². The number of carbonyl (C=O) groups is 2. The molecule has 0 aliphatic heterocycles. The lowest BCUT2D eigenvalue weighted by Crippen LogP contribution is -2.48. The molecule has 0 spiro atoms. The lowest BCUT2D eigenvalue weighted by Gasteiger charge is -2.29. The van der Waals surface area contributed by atoms with E-state index in [2.05, 4.69) is 0 Å². The van der Waals surface area contributed by atoms with E-state index in [0.717, 1.165) is 0 Å². The van der Waals surface area contributed by atoms with E-state index in [1.54, 1.807) is 30.8 Å². The fourth-order valence-corrected chi connectivity index (χ4v) is 3.90. The normalized spacial score (nSPS) is 13.1. The molecule has 4 nitrogen and oxygen atoms in total. The highest BCUT2D eigenvalue weighted by Gasteiger charge is 2.47. The van der Waals surface area contributed by atoms with Crippen molar-refractivity contribution in [2.75, 3.05) is 14.2 Å². The zero-order chi connectivity index (χ0) is 13.8. The Kier molecular flexibility index (Phi) is 4.95. The quantitative estimate of drug-likeness (QED) is 0.450. The van der Waals surface area contributed by atoms with Crippen LogP contribution in [0, 0.1) is 0 Å². The third-order valence-electron chi connectivity index (χ3n) is 3.06. The zero-order valence-corrected chi connectivity index (χ0v) is 12.1. The lowest BCUT2D eigenvalue weighted by atomic mass is 10.1. The van der Waals surface area contributed by atoms with Gasteiger partial charge in [0, 0.05) is 19.8 Å². The van der Waals surface area contributed by atoms with Crippen molar-refractivity contribution in [1.82, 2.24) is 0 Å². The largest absolute Gasteiger partial charge is 0.397 e. The summed E-state index contributed by atoms with van der Waals surface area (Å²) in [4.78, 5) is 24.2. The Labute approximate surface area is 108 Å². The van der Waals surface area contributed by atoms with Gasteiger partial charge in [0.1, 0.15) is 11.3 Å². The van der Waals surface area contributed by atoms with Crippen LogP contribution >= 0.6 is 0 Å². The second kappa shape index (κ2) is 6.04. The van der Waals surface area contributed by atoms with Crippen LogP contribution in [0.15, 0.2) is 30.3 Å². The maximum absolute atomic E-state index is 12.4. The summed E-state index contributed by atoms with van der Waals surface area (Å²) in [6.07, 6.45) is 0. The van der Waals surface area contributed by atoms with Crippen molar-refractivity contribution in [2.24, 2.45) is 0 Å². The minimum atomic E-state index is -2.83. The second-order valence-electron chi connectivity index (χ2n) is 4.20. The molecule has 0 saturated carbocycles. The summed E-state index contributed by atoms with van der Waals surface area (Å²) in [5.74, 6) is -0.456. The van der Waals surface area contributed by atoms with E-state index in [-0.39, 0.29) is 11.6 Å². The van der Waals surface area contributed by atoms with E-state index in [9.17, 15) is 9.59 Å². The van der Waals surface area contributed by atoms with Gasteiger partial charge in [-0.2, -0.15) is 0 Å². The fourth-order valence-electron chi connectivity index (χ4n) is 1.88. The summed E-state index contributed by atoms with van der Waals surface area (Å²) in [7, 11) is 0.117. The molecule has 0 amide bonds. The van der Waals surface area contributed by atoms with E-state index in [0.29, 0.717) is 5.56 Å². The molecular formula is C13H18O4Si. The summed E-state index contributed by atoms with van der Waals surface area (Å²) in [6.45, 7) is 3.12. The third kappa shape index (κ3) is 2.93. The molecule has 1 unspecified atom stereocenters. The molecule has 0 radical (unpaired) electrons. The Balaban J connectivity index is 3.15. The van der Waals surface area contributed by atoms with Gasteiger partial charge in [-0.1, -0.05) is 30.3 Å². The minimum Gasteiger partial charge on any atom is -0.397 e. The molecule has 1 aromatic carbocycles. The van der Waals surface area contributed by atoms with Gasteiger partial charge >= 0.3 is 8.56 Å². The maximum atomic E-state index is 12.4. The molecule has 0 bridgehead atoms. The summed E-state index contributed by atoms with van der Waals surface area (Å²) in [5.41, 5.74) is -0.333. The first kappa shape index (κ1) is 14.8. The van der Waals surface area contributed by atoms with Gasteiger partial charge in [-0.05, 0) is 13.5 Å². The van der Waals surface area contributed by atoms with Gasteiger partial charge in [-0.3, -0.25) is 9.59 Å². The van der Waals surface area contributed by atoms with Gasteiger partial charge in [0.15, 0.2) is 5.78 Å². The molecule has 1 atom stereocenters. The lowest BCUT2D eigenvalue weighted by molar-refractivity contribution is -0.116. The summed E-state index contributed by atoms with van der Waals surface area (Å²) in [5, 5.41) is 0. The van der Waals surface area contributed by atoms with Crippen LogP contribution in [-0.2, 0) is 13.6 Å². The van der Waals surface area contributed by atoms with Crippen LogP contribution in [-0.4, -0.2) is 34.3 Å². The molecule has 1 rings (SSSR count). The number of rotatable bonds is 6. The topological polar surface area (TPSA) is 52.6 Å². The first-order valence-corrected chi connectivity index (χ1v) is 8.05. The predicted molar refractivity (Wildman–Crippen MR) is 70.8 cm³/mol. The predicted octanol–water partition coefficient (Wildman–Crippen LogP) is 2.19. The first-order valence-electron chi connectivity index (χ1n) is 5.66. The van der Waals surface area contributed by atoms with Crippen molar-refractivity contribution < 1.29 is 18.4 Å². The van der Waals surface area contributed by atoms with Crippen LogP contribution < -0.4 is 0 Å². The average molecular weight is 266 g/mol. The Morgan fingerprint density at radius 2 is 1.61 bits per heavy atom. The van der Waals surface area contributed by atoms with Gasteiger partial charge in [-0.15, -0.1) is 0 Å². The molecule has 98 valence electrons. The highest BCUT2D eigenvalue weighted by Crippen LogP contribution is 2.28. The smallest absolute Gasteiger partial charge is 0.353 e. The van der Waals surface area contributed by atoms with Crippen molar-refractivity contribution in [3.8, 4) is 0 Å². The van der Waals surface area contributed by atoms with Crippen molar-refractivity contribution in [3.05, 3.63) is 35.9 Å². The molecule has 0 heterocycles. The monoisotopic (exact) mass is 266 g/mol.